The van der Waals surface area contributed by atoms with Gasteiger partial charge in [-0.1, -0.05) is 18.2 Å². The number of ether oxygens (including phenoxy) is 1. The molecule has 1 aromatic heterocycles. The summed E-state index contributed by atoms with van der Waals surface area (Å²) in [4.78, 5) is 53.9. The Hall–Kier alpha value is -4.03. The average molecular weight is 567 g/mol. The molecular weight excluding hydrogens is 536 g/mol. The first kappa shape index (κ1) is 27.5. The van der Waals surface area contributed by atoms with Gasteiger partial charge < -0.3 is 23.7 Å². The van der Waals surface area contributed by atoms with E-state index in [1.807, 2.05) is 30.3 Å². The molecule has 5 rings (SSSR count). The quantitative estimate of drug-likeness (QED) is 0.232. The van der Waals surface area contributed by atoms with Crippen molar-refractivity contribution >= 4 is 35.4 Å². The number of amides is 2. The zero-order chi connectivity index (χ0) is 27.7. The number of likely N-dealkylation sites (tertiary alicyclic amines) is 1. The van der Waals surface area contributed by atoms with Crippen LogP contribution in [0.15, 0.2) is 65.2 Å². The van der Waals surface area contributed by atoms with Crippen LogP contribution in [0.2, 0.25) is 0 Å². The van der Waals surface area contributed by atoms with Crippen molar-refractivity contribution in [1.82, 2.24) is 14.9 Å². The second-order valence-electron chi connectivity index (χ2n) is 9.22. The SMILES string of the molecule is O=C1ON(CCCN2CCCC2)C(=O)N(c2ccc(-c3cnc(CSCCOc4ccccc4)o3)cc2)OC1=O. The molecule has 0 radical (unpaired) electrons. The van der Waals surface area contributed by atoms with Crippen LogP contribution in [0.1, 0.15) is 25.2 Å². The molecule has 2 fully saturated rings. The van der Waals surface area contributed by atoms with E-state index in [9.17, 15) is 14.4 Å². The fraction of sp³-hybridized carbons (Fsp3) is 0.357. The molecule has 0 spiro atoms. The summed E-state index contributed by atoms with van der Waals surface area (Å²) in [6, 6.07) is 15.5. The highest BCUT2D eigenvalue weighted by molar-refractivity contribution is 7.98. The number of hydroxylamine groups is 3. The summed E-state index contributed by atoms with van der Waals surface area (Å²) in [5.74, 6) is 0.843. The Morgan fingerprint density at radius 1 is 0.900 bits per heavy atom. The maximum absolute atomic E-state index is 13.1. The molecule has 2 saturated heterocycles. The third kappa shape index (κ3) is 7.13. The predicted molar refractivity (Wildman–Crippen MR) is 147 cm³/mol. The summed E-state index contributed by atoms with van der Waals surface area (Å²) < 4.78 is 11.6. The molecule has 2 aliphatic rings. The van der Waals surface area contributed by atoms with Crippen LogP contribution < -0.4 is 9.80 Å². The van der Waals surface area contributed by atoms with Gasteiger partial charge >= 0.3 is 18.0 Å². The Kier molecular flexibility index (Phi) is 9.19. The summed E-state index contributed by atoms with van der Waals surface area (Å²) >= 11 is 1.65. The predicted octanol–water partition coefficient (Wildman–Crippen LogP) is 4.30. The number of carbonyl (C=O) groups excluding carboxylic acids is 3. The van der Waals surface area contributed by atoms with Gasteiger partial charge in [0.05, 0.1) is 30.8 Å². The molecule has 2 aliphatic heterocycles. The number of para-hydroxylation sites is 1. The fourth-order valence-electron chi connectivity index (χ4n) is 4.35. The van der Waals surface area contributed by atoms with E-state index < -0.39 is 18.0 Å². The Morgan fingerprint density at radius 3 is 2.42 bits per heavy atom. The van der Waals surface area contributed by atoms with E-state index >= 15 is 0 Å². The minimum atomic E-state index is -1.27. The molecule has 210 valence electrons. The molecule has 0 aliphatic carbocycles. The van der Waals surface area contributed by atoms with Gasteiger partial charge in [-0.2, -0.15) is 0 Å². The molecule has 3 heterocycles. The van der Waals surface area contributed by atoms with Crippen molar-refractivity contribution < 1.29 is 33.2 Å². The maximum Gasteiger partial charge on any atom is 0.444 e. The van der Waals surface area contributed by atoms with Crippen molar-refractivity contribution in [2.24, 2.45) is 0 Å². The van der Waals surface area contributed by atoms with E-state index in [0.717, 1.165) is 59.7 Å². The third-order valence-corrected chi connectivity index (χ3v) is 7.27. The van der Waals surface area contributed by atoms with Crippen LogP contribution in [0.3, 0.4) is 0 Å². The van der Waals surface area contributed by atoms with Gasteiger partial charge in [-0.05, 0) is 75.3 Å². The average Bonchev–Trinajstić information content (AvgIpc) is 3.66. The first-order chi connectivity index (χ1) is 19.6. The molecular formula is C28H30N4O7S. The molecule has 2 amide bonds. The lowest BCUT2D eigenvalue weighted by Crippen LogP contribution is -2.42. The Labute approximate surface area is 235 Å². The number of anilines is 1. The van der Waals surface area contributed by atoms with E-state index in [-0.39, 0.29) is 12.2 Å². The van der Waals surface area contributed by atoms with E-state index in [1.54, 1.807) is 42.2 Å². The Balaban J connectivity index is 1.15. The van der Waals surface area contributed by atoms with Crippen LogP contribution in [-0.4, -0.2) is 71.5 Å². The molecule has 0 saturated carbocycles. The number of hydrogen-bond acceptors (Lipinski definition) is 10. The van der Waals surface area contributed by atoms with Crippen molar-refractivity contribution in [2.75, 3.05) is 43.6 Å². The highest BCUT2D eigenvalue weighted by Gasteiger charge is 2.37. The standard InChI is InChI=1S/C28H30N4O7S/c33-26-27(34)39-32(28(35)31(38-26)16-6-15-30-13-4-5-14-30)22-11-9-21(10-12-22)24-19-29-25(37-24)20-40-18-17-36-23-7-2-1-3-8-23/h1-3,7-12,19H,4-6,13-18,20H2. The maximum atomic E-state index is 13.1. The van der Waals surface area contributed by atoms with Crippen LogP contribution in [0, 0.1) is 0 Å². The summed E-state index contributed by atoms with van der Waals surface area (Å²) in [7, 11) is 0. The van der Waals surface area contributed by atoms with Gasteiger partial charge in [0, 0.05) is 11.3 Å². The van der Waals surface area contributed by atoms with Crippen molar-refractivity contribution in [3.8, 4) is 17.1 Å². The molecule has 12 heteroatoms. The molecule has 0 bridgehead atoms. The van der Waals surface area contributed by atoms with Crippen molar-refractivity contribution in [1.29, 1.82) is 0 Å². The number of rotatable bonds is 12. The Bertz CT molecular complexity index is 1300. The molecule has 40 heavy (non-hydrogen) atoms. The Morgan fingerprint density at radius 2 is 1.65 bits per heavy atom. The molecule has 2 aromatic carbocycles. The number of oxazole rings is 1. The second kappa shape index (κ2) is 13.4. The summed E-state index contributed by atoms with van der Waals surface area (Å²) in [5, 5.41) is 1.65. The van der Waals surface area contributed by atoms with Crippen LogP contribution in [0.25, 0.3) is 11.3 Å². The molecule has 3 aromatic rings. The van der Waals surface area contributed by atoms with Crippen molar-refractivity contribution in [3.63, 3.8) is 0 Å². The minimum absolute atomic E-state index is 0.142. The van der Waals surface area contributed by atoms with E-state index in [0.29, 0.717) is 30.4 Å². The molecule has 11 nitrogen and oxygen atoms in total. The summed E-state index contributed by atoms with van der Waals surface area (Å²) in [6.45, 7) is 3.52. The van der Waals surface area contributed by atoms with Gasteiger partial charge in [-0.15, -0.1) is 21.9 Å². The first-order valence-corrected chi connectivity index (χ1v) is 14.3. The lowest BCUT2D eigenvalue weighted by Gasteiger charge is -2.24. The smallest absolute Gasteiger partial charge is 0.444 e. The highest BCUT2D eigenvalue weighted by Crippen LogP contribution is 2.27. The van der Waals surface area contributed by atoms with E-state index in [4.69, 9.17) is 18.8 Å². The van der Waals surface area contributed by atoms with Crippen molar-refractivity contribution in [3.05, 3.63) is 66.7 Å². The van der Waals surface area contributed by atoms with Crippen LogP contribution in [-0.2, 0) is 25.0 Å². The number of nitrogens with zero attached hydrogens (tertiary/aromatic N) is 4. The summed E-state index contributed by atoms with van der Waals surface area (Å²) in [6.07, 6.45) is 4.54. The fourth-order valence-corrected chi connectivity index (χ4v) is 5.01. The minimum Gasteiger partial charge on any atom is -0.493 e. The molecule has 0 unspecified atom stereocenters. The second-order valence-corrected chi connectivity index (χ2v) is 10.3. The van der Waals surface area contributed by atoms with Gasteiger partial charge in [-0.3, -0.25) is 0 Å². The number of thioether (sulfide) groups is 1. The topological polar surface area (TPSA) is 115 Å². The normalized spacial score (nSPS) is 16.1. The third-order valence-electron chi connectivity index (χ3n) is 6.36. The van der Waals surface area contributed by atoms with Crippen LogP contribution in [0.5, 0.6) is 5.75 Å². The largest absolute Gasteiger partial charge is 0.493 e. The first-order valence-electron chi connectivity index (χ1n) is 13.2. The number of hydrogen-bond donors (Lipinski definition) is 0. The van der Waals surface area contributed by atoms with Crippen LogP contribution >= 0.6 is 11.8 Å². The number of aromatic nitrogens is 1. The summed E-state index contributed by atoms with van der Waals surface area (Å²) in [5.41, 5.74) is 0.988. The molecule has 0 atom stereocenters. The lowest BCUT2D eigenvalue weighted by molar-refractivity contribution is -0.183. The highest BCUT2D eigenvalue weighted by atomic mass is 32.2. The number of benzene rings is 2. The van der Waals surface area contributed by atoms with Crippen molar-refractivity contribution in [2.45, 2.75) is 25.0 Å². The molecule has 0 N–H and O–H groups in total. The zero-order valence-corrected chi connectivity index (χ0v) is 22.7. The van der Waals surface area contributed by atoms with Gasteiger partial charge in [0.15, 0.2) is 5.76 Å². The lowest BCUT2D eigenvalue weighted by atomic mass is 10.1. The van der Waals surface area contributed by atoms with Gasteiger partial charge in [0.25, 0.3) is 0 Å². The van der Waals surface area contributed by atoms with E-state index in [2.05, 4.69) is 9.88 Å². The van der Waals surface area contributed by atoms with E-state index in [1.165, 1.54) is 0 Å². The van der Waals surface area contributed by atoms with Gasteiger partial charge in [0.2, 0.25) is 5.89 Å². The van der Waals surface area contributed by atoms with Gasteiger partial charge in [0.1, 0.15) is 5.75 Å². The van der Waals surface area contributed by atoms with Gasteiger partial charge in [-0.25, -0.2) is 19.4 Å². The van der Waals surface area contributed by atoms with Crippen LogP contribution in [0.4, 0.5) is 10.5 Å². The zero-order valence-electron chi connectivity index (χ0n) is 21.9. The number of carbonyl (C=O) groups is 3. The number of urea groups is 1. The monoisotopic (exact) mass is 566 g/mol.